The minimum Gasteiger partial charge on any atom is -0.507 e. The van der Waals surface area contributed by atoms with Crippen LogP contribution >= 0.6 is 23.4 Å². The van der Waals surface area contributed by atoms with Gasteiger partial charge in [-0.05, 0) is 74.2 Å². The first-order chi connectivity index (χ1) is 22.9. The maximum Gasteiger partial charge on any atom is 0.189 e. The molecule has 0 radical (unpaired) electrons. The van der Waals surface area contributed by atoms with Crippen LogP contribution in [0.25, 0.3) is 23.1 Å². The monoisotopic (exact) mass is 673 g/mol. The number of phenolic OH excluding ortho intramolecular Hbond substituents is 1. The number of rotatable bonds is 17. The summed E-state index contributed by atoms with van der Waals surface area (Å²) in [6.45, 7) is 10.2. The van der Waals surface area contributed by atoms with E-state index in [1.807, 2.05) is 25.1 Å². The highest BCUT2D eigenvalue weighted by Crippen LogP contribution is 2.46. The van der Waals surface area contributed by atoms with Gasteiger partial charge in [-0.3, -0.25) is 0 Å². The highest BCUT2D eigenvalue weighted by Gasteiger charge is 2.24. The van der Waals surface area contributed by atoms with E-state index in [0.29, 0.717) is 40.3 Å². The Bertz CT molecular complexity index is 1750. The zero-order chi connectivity index (χ0) is 33.2. The van der Waals surface area contributed by atoms with E-state index in [9.17, 15) is 5.11 Å². The molecule has 47 heavy (non-hydrogen) atoms. The summed E-state index contributed by atoms with van der Waals surface area (Å²) >= 11 is 8.60. The topological polar surface area (TPSA) is 75.8 Å². The number of thioether (sulfide) groups is 1. The molecule has 1 aliphatic heterocycles. The highest BCUT2D eigenvalue weighted by atomic mass is 35.5. The van der Waals surface area contributed by atoms with Crippen molar-refractivity contribution in [3.05, 3.63) is 75.6 Å². The van der Waals surface area contributed by atoms with Gasteiger partial charge in [0.25, 0.3) is 0 Å². The molecule has 2 aromatic heterocycles. The van der Waals surface area contributed by atoms with E-state index in [4.69, 9.17) is 21.4 Å². The quantitative estimate of drug-likeness (QED) is 0.112. The normalized spacial score (nSPS) is 15.3. The predicted octanol–water partition coefficient (Wildman–Crippen LogP) is 9.84. The number of aromatic nitrogens is 4. The summed E-state index contributed by atoms with van der Waals surface area (Å²) in [7, 11) is 0. The Hall–Kier alpha value is -3.49. The van der Waals surface area contributed by atoms with Crippen molar-refractivity contribution in [1.29, 1.82) is 0 Å². The molecule has 1 N–H and O–H groups in total. The molecule has 0 fully saturated rings. The number of aromatic hydroxyl groups is 1. The second-order valence-corrected chi connectivity index (χ2v) is 13.9. The number of aryl methyl sites for hydroxylation is 1. The van der Waals surface area contributed by atoms with E-state index in [1.165, 1.54) is 60.6 Å². The van der Waals surface area contributed by atoms with Crippen LogP contribution in [-0.4, -0.2) is 38.1 Å². The molecule has 0 saturated carbocycles. The number of nitrogens with zero attached hydrogens (tertiary/aromatic N) is 5. The van der Waals surface area contributed by atoms with Gasteiger partial charge in [0.2, 0.25) is 0 Å². The molecule has 1 unspecified atom stereocenters. The van der Waals surface area contributed by atoms with Gasteiger partial charge >= 0.3 is 0 Å². The van der Waals surface area contributed by atoms with Crippen LogP contribution in [-0.2, 0) is 0 Å². The van der Waals surface area contributed by atoms with Gasteiger partial charge in [-0.1, -0.05) is 108 Å². The Morgan fingerprint density at radius 1 is 1.00 bits per heavy atom. The average molecular weight is 674 g/mol. The Balaban J connectivity index is 1.35. The number of halogens is 1. The van der Waals surface area contributed by atoms with Crippen molar-refractivity contribution in [3.8, 4) is 22.9 Å². The number of phenols is 1. The van der Waals surface area contributed by atoms with Gasteiger partial charge in [-0.25, -0.2) is 0 Å². The summed E-state index contributed by atoms with van der Waals surface area (Å²) in [6, 6.07) is 13.8. The van der Waals surface area contributed by atoms with E-state index in [-0.39, 0.29) is 5.75 Å². The summed E-state index contributed by atoms with van der Waals surface area (Å²) in [6.07, 6.45) is 18.1. The van der Waals surface area contributed by atoms with Crippen LogP contribution in [0.4, 0.5) is 5.69 Å². The number of ether oxygens (including phenoxy) is 1. The average Bonchev–Trinajstić information content (AvgIpc) is 3.74. The maximum absolute atomic E-state index is 10.8. The van der Waals surface area contributed by atoms with Gasteiger partial charge in [-0.2, -0.15) is 9.61 Å². The smallest absolute Gasteiger partial charge is 0.189 e. The molecule has 0 spiro atoms. The molecule has 7 nitrogen and oxygen atoms in total. The van der Waals surface area contributed by atoms with Crippen molar-refractivity contribution >= 4 is 40.8 Å². The van der Waals surface area contributed by atoms with E-state index < -0.39 is 0 Å². The fraction of sp³-hybridized carbons (Fsp3) is 0.447. The van der Waals surface area contributed by atoms with E-state index in [1.54, 1.807) is 28.4 Å². The Morgan fingerprint density at radius 2 is 1.79 bits per heavy atom. The van der Waals surface area contributed by atoms with E-state index in [0.717, 1.165) is 36.7 Å². The molecule has 0 amide bonds. The minimum atomic E-state index is 0.0981. The summed E-state index contributed by atoms with van der Waals surface area (Å²) in [5, 5.41) is 26.9. The van der Waals surface area contributed by atoms with Crippen LogP contribution in [0.1, 0.15) is 90.7 Å². The first-order valence-corrected chi connectivity index (χ1v) is 18.4. The first-order valence-electron chi connectivity index (χ1n) is 17.2. The predicted molar refractivity (Wildman–Crippen MR) is 196 cm³/mol. The van der Waals surface area contributed by atoms with Gasteiger partial charge in [-0.15, -0.1) is 10.2 Å². The van der Waals surface area contributed by atoms with Crippen molar-refractivity contribution in [2.75, 3.05) is 18.1 Å². The number of unbranched alkanes of at least 4 members (excludes halogenated alkanes) is 6. The lowest BCUT2D eigenvalue weighted by atomic mass is 10.0. The first kappa shape index (κ1) is 34.8. The Labute approximate surface area is 288 Å². The van der Waals surface area contributed by atoms with Crippen LogP contribution in [0.15, 0.2) is 69.6 Å². The largest absolute Gasteiger partial charge is 0.507 e. The number of hydrogen-bond donors (Lipinski definition) is 1. The fourth-order valence-electron chi connectivity index (χ4n) is 5.94. The second-order valence-electron chi connectivity index (χ2n) is 12.4. The maximum atomic E-state index is 10.8. The third kappa shape index (κ3) is 8.71. The van der Waals surface area contributed by atoms with Gasteiger partial charge in [0.15, 0.2) is 11.5 Å². The van der Waals surface area contributed by atoms with Crippen LogP contribution in [0.2, 0.25) is 0 Å². The lowest BCUT2D eigenvalue weighted by molar-refractivity contribution is 0.233. The highest BCUT2D eigenvalue weighted by molar-refractivity contribution is 8.03. The number of benzene rings is 2. The fourth-order valence-corrected chi connectivity index (χ4v) is 7.20. The molecule has 0 saturated heterocycles. The summed E-state index contributed by atoms with van der Waals surface area (Å²) in [5.74, 6) is 1.75. The Kier molecular flexibility index (Phi) is 12.6. The molecule has 5 rings (SSSR count). The van der Waals surface area contributed by atoms with E-state index >= 15 is 0 Å². The van der Waals surface area contributed by atoms with Gasteiger partial charge in [0.05, 0.1) is 28.6 Å². The number of hydrogen-bond acceptors (Lipinski definition) is 7. The summed E-state index contributed by atoms with van der Waals surface area (Å²) in [4.78, 5) is 3.68. The molecule has 1 aliphatic rings. The molecule has 1 atom stereocenters. The molecular weight excluding hydrogens is 626 g/mol. The molecule has 2 aromatic carbocycles. The number of anilines is 1. The zero-order valence-electron chi connectivity index (χ0n) is 28.2. The number of allylic oxidation sites excluding steroid dienone is 3. The molecule has 0 bridgehead atoms. The lowest BCUT2D eigenvalue weighted by Gasteiger charge is -2.20. The SMILES string of the molecule is CCCCCCCCN1/C(=C/C=C(Cl)/C=c2/c(C)nn3c(-c4cc(OCC(CC)CCCC)ccc4O)nnc23)Sc2ccccc21. The molecule has 0 aliphatic carbocycles. The lowest BCUT2D eigenvalue weighted by Crippen LogP contribution is -2.18. The van der Waals surface area contributed by atoms with Gasteiger partial charge in [0, 0.05) is 21.7 Å². The zero-order valence-corrected chi connectivity index (χ0v) is 29.8. The van der Waals surface area contributed by atoms with Crippen molar-refractivity contribution < 1.29 is 9.84 Å². The summed E-state index contributed by atoms with van der Waals surface area (Å²) in [5.41, 5.74) is 3.14. The van der Waals surface area contributed by atoms with Crippen molar-refractivity contribution in [2.24, 2.45) is 5.92 Å². The van der Waals surface area contributed by atoms with E-state index in [2.05, 4.69) is 66.2 Å². The molecule has 250 valence electrons. The molecule has 9 heteroatoms. The molecule has 3 heterocycles. The second kappa shape index (κ2) is 17.1. The van der Waals surface area contributed by atoms with Crippen molar-refractivity contribution in [3.63, 3.8) is 0 Å². The Morgan fingerprint density at radius 3 is 2.60 bits per heavy atom. The van der Waals surface area contributed by atoms with Gasteiger partial charge < -0.3 is 14.7 Å². The third-order valence-electron chi connectivity index (χ3n) is 8.80. The van der Waals surface area contributed by atoms with Crippen molar-refractivity contribution in [1.82, 2.24) is 19.8 Å². The van der Waals surface area contributed by atoms with Crippen LogP contribution in [0, 0.1) is 12.8 Å². The van der Waals surface area contributed by atoms with Crippen LogP contribution in [0.3, 0.4) is 0 Å². The third-order valence-corrected chi connectivity index (χ3v) is 10.2. The minimum absolute atomic E-state index is 0.0981. The number of fused-ring (bicyclic) bond motifs is 2. The number of para-hydroxylation sites is 1. The molecular formula is C38H48ClN5O2S. The van der Waals surface area contributed by atoms with Crippen molar-refractivity contribution in [2.45, 2.75) is 96.8 Å². The summed E-state index contributed by atoms with van der Waals surface area (Å²) < 4.78 is 7.82. The van der Waals surface area contributed by atoms with Crippen LogP contribution < -0.4 is 14.9 Å². The van der Waals surface area contributed by atoms with Crippen LogP contribution in [0.5, 0.6) is 11.5 Å². The van der Waals surface area contributed by atoms with Gasteiger partial charge in [0.1, 0.15) is 11.5 Å². The standard InChI is InChI=1S/C38H48ClN5O2S/c1-5-8-10-11-12-15-23-43-33-17-13-14-18-35(33)47-36(43)22-19-29(39)24-31-27(4)42-44-37(31)40-41-38(44)32-25-30(20-21-34(32)45)46-26-28(7-3)16-9-6-2/h13-14,17-22,24-25,28,45H,5-12,15-16,23,26H2,1-4H3/b29-19-,31-24-,36-22-. The molecule has 4 aromatic rings.